The summed E-state index contributed by atoms with van der Waals surface area (Å²) in [5.41, 5.74) is 1.12. The van der Waals surface area contributed by atoms with Crippen LogP contribution < -0.4 is 4.90 Å². The maximum atomic E-state index is 11.4. The quantitative estimate of drug-likeness (QED) is 0.671. The molecular formula is C11H16N4O. The highest BCUT2D eigenvalue weighted by Crippen LogP contribution is 2.14. The molecule has 5 nitrogen and oxygen atoms in total. The van der Waals surface area contributed by atoms with Gasteiger partial charge in [0.1, 0.15) is 0 Å². The Balaban J connectivity index is 1.95. The van der Waals surface area contributed by atoms with Gasteiger partial charge in [-0.05, 0) is 6.08 Å². The standard InChI is InChI=1S/C11H16N4O/c1-3-11(16)15-6-4-14(5-7-15)10-8-12-13(2)9-10/h3,8-9H,1,4-7H2,2H3. The van der Waals surface area contributed by atoms with E-state index < -0.39 is 0 Å². The topological polar surface area (TPSA) is 41.4 Å². The van der Waals surface area contributed by atoms with E-state index in [9.17, 15) is 4.79 Å². The van der Waals surface area contributed by atoms with Crippen LogP contribution >= 0.6 is 0 Å². The molecule has 2 rings (SSSR count). The van der Waals surface area contributed by atoms with E-state index in [-0.39, 0.29) is 5.91 Å². The largest absolute Gasteiger partial charge is 0.365 e. The summed E-state index contributed by atoms with van der Waals surface area (Å²) in [6, 6.07) is 0. The van der Waals surface area contributed by atoms with E-state index in [1.807, 2.05) is 24.3 Å². The van der Waals surface area contributed by atoms with Crippen molar-refractivity contribution in [3.05, 3.63) is 25.0 Å². The van der Waals surface area contributed by atoms with Crippen molar-refractivity contribution in [1.29, 1.82) is 0 Å². The Morgan fingerprint density at radius 3 is 2.62 bits per heavy atom. The van der Waals surface area contributed by atoms with Gasteiger partial charge < -0.3 is 9.80 Å². The number of hydrogen-bond donors (Lipinski definition) is 0. The molecule has 1 amide bonds. The molecule has 0 unspecified atom stereocenters. The molecule has 0 spiro atoms. The summed E-state index contributed by atoms with van der Waals surface area (Å²) in [7, 11) is 1.90. The third-order valence-corrected chi connectivity index (χ3v) is 2.82. The smallest absolute Gasteiger partial charge is 0.246 e. The normalized spacial score (nSPS) is 16.3. The highest BCUT2D eigenvalue weighted by atomic mass is 16.2. The molecule has 1 saturated heterocycles. The molecule has 0 saturated carbocycles. The average Bonchev–Trinajstić information content (AvgIpc) is 2.75. The van der Waals surface area contributed by atoms with Gasteiger partial charge in [0.15, 0.2) is 0 Å². The lowest BCUT2D eigenvalue weighted by molar-refractivity contribution is -0.126. The number of piperazine rings is 1. The number of rotatable bonds is 2. The number of aromatic nitrogens is 2. The number of carbonyl (C=O) groups excluding carboxylic acids is 1. The summed E-state index contributed by atoms with van der Waals surface area (Å²) in [5, 5.41) is 4.14. The van der Waals surface area contributed by atoms with Crippen molar-refractivity contribution in [2.75, 3.05) is 31.1 Å². The summed E-state index contributed by atoms with van der Waals surface area (Å²) in [6.45, 7) is 6.70. The van der Waals surface area contributed by atoms with Crippen molar-refractivity contribution in [1.82, 2.24) is 14.7 Å². The number of carbonyl (C=O) groups is 1. The minimum atomic E-state index is 0.0193. The van der Waals surface area contributed by atoms with Gasteiger partial charge >= 0.3 is 0 Å². The molecule has 5 heteroatoms. The van der Waals surface area contributed by atoms with E-state index in [2.05, 4.69) is 16.6 Å². The van der Waals surface area contributed by atoms with Crippen LogP contribution in [0.3, 0.4) is 0 Å². The summed E-state index contributed by atoms with van der Waals surface area (Å²) >= 11 is 0. The molecule has 1 aromatic heterocycles. The fraction of sp³-hybridized carbons (Fsp3) is 0.455. The van der Waals surface area contributed by atoms with Crippen LogP contribution in [0, 0.1) is 0 Å². The van der Waals surface area contributed by atoms with E-state index in [1.165, 1.54) is 6.08 Å². The summed E-state index contributed by atoms with van der Waals surface area (Å²) in [6.07, 6.45) is 5.22. The monoisotopic (exact) mass is 220 g/mol. The van der Waals surface area contributed by atoms with Gasteiger partial charge in [-0.25, -0.2) is 0 Å². The first-order valence-electron chi connectivity index (χ1n) is 5.35. The second-order valence-corrected chi connectivity index (χ2v) is 3.89. The number of amides is 1. The molecular weight excluding hydrogens is 204 g/mol. The molecule has 86 valence electrons. The van der Waals surface area contributed by atoms with Gasteiger partial charge in [0.2, 0.25) is 5.91 Å². The maximum absolute atomic E-state index is 11.4. The van der Waals surface area contributed by atoms with Gasteiger partial charge in [0, 0.05) is 39.4 Å². The van der Waals surface area contributed by atoms with Gasteiger partial charge in [-0.1, -0.05) is 6.58 Å². The van der Waals surface area contributed by atoms with Crippen LogP contribution in [-0.4, -0.2) is 46.8 Å². The molecule has 1 fully saturated rings. The van der Waals surface area contributed by atoms with E-state index in [0.717, 1.165) is 31.9 Å². The molecule has 1 aliphatic heterocycles. The van der Waals surface area contributed by atoms with E-state index in [0.29, 0.717) is 0 Å². The number of hydrogen-bond acceptors (Lipinski definition) is 3. The van der Waals surface area contributed by atoms with Crippen molar-refractivity contribution >= 4 is 11.6 Å². The first-order valence-corrected chi connectivity index (χ1v) is 5.35. The molecule has 16 heavy (non-hydrogen) atoms. The molecule has 0 atom stereocenters. The van der Waals surface area contributed by atoms with Crippen molar-refractivity contribution in [2.24, 2.45) is 7.05 Å². The number of anilines is 1. The zero-order chi connectivity index (χ0) is 11.5. The highest BCUT2D eigenvalue weighted by molar-refractivity contribution is 5.87. The zero-order valence-corrected chi connectivity index (χ0v) is 9.46. The second-order valence-electron chi connectivity index (χ2n) is 3.89. The van der Waals surface area contributed by atoms with Crippen LogP contribution in [0.5, 0.6) is 0 Å². The lowest BCUT2D eigenvalue weighted by atomic mass is 10.3. The predicted molar refractivity (Wildman–Crippen MR) is 62.2 cm³/mol. The Morgan fingerprint density at radius 1 is 1.44 bits per heavy atom. The van der Waals surface area contributed by atoms with Crippen molar-refractivity contribution in [3.8, 4) is 0 Å². The van der Waals surface area contributed by atoms with E-state index >= 15 is 0 Å². The Hall–Kier alpha value is -1.78. The minimum absolute atomic E-state index is 0.0193. The lowest BCUT2D eigenvalue weighted by Gasteiger charge is -2.34. The molecule has 0 aliphatic carbocycles. The SMILES string of the molecule is C=CC(=O)N1CCN(c2cnn(C)c2)CC1. The third-order valence-electron chi connectivity index (χ3n) is 2.82. The van der Waals surface area contributed by atoms with Crippen molar-refractivity contribution in [2.45, 2.75) is 0 Å². The van der Waals surface area contributed by atoms with Crippen LogP contribution in [0.4, 0.5) is 5.69 Å². The summed E-state index contributed by atoms with van der Waals surface area (Å²) in [5.74, 6) is 0.0193. The second kappa shape index (κ2) is 4.38. The fourth-order valence-electron chi connectivity index (χ4n) is 1.89. The van der Waals surface area contributed by atoms with E-state index in [1.54, 1.807) is 4.68 Å². The van der Waals surface area contributed by atoms with Crippen LogP contribution in [0.1, 0.15) is 0 Å². The van der Waals surface area contributed by atoms with Crippen LogP contribution in [0.15, 0.2) is 25.0 Å². The van der Waals surface area contributed by atoms with Crippen LogP contribution in [0.25, 0.3) is 0 Å². The van der Waals surface area contributed by atoms with Gasteiger partial charge in [-0.3, -0.25) is 9.48 Å². The van der Waals surface area contributed by atoms with Crippen LogP contribution in [0.2, 0.25) is 0 Å². The summed E-state index contributed by atoms with van der Waals surface area (Å²) < 4.78 is 1.79. The highest BCUT2D eigenvalue weighted by Gasteiger charge is 2.19. The maximum Gasteiger partial charge on any atom is 0.246 e. The zero-order valence-electron chi connectivity index (χ0n) is 9.46. The Labute approximate surface area is 94.9 Å². The van der Waals surface area contributed by atoms with Gasteiger partial charge in [0.25, 0.3) is 0 Å². The van der Waals surface area contributed by atoms with Gasteiger partial charge in [-0.2, -0.15) is 5.10 Å². The van der Waals surface area contributed by atoms with Crippen molar-refractivity contribution in [3.63, 3.8) is 0 Å². The fourth-order valence-corrected chi connectivity index (χ4v) is 1.89. The molecule has 0 aromatic carbocycles. The molecule has 0 bridgehead atoms. The predicted octanol–water partition coefficient (Wildman–Crippen LogP) is 0.255. The Kier molecular flexibility index (Phi) is 2.94. The minimum Gasteiger partial charge on any atom is -0.365 e. The average molecular weight is 220 g/mol. The van der Waals surface area contributed by atoms with Gasteiger partial charge in [0.05, 0.1) is 11.9 Å². The van der Waals surface area contributed by atoms with E-state index in [4.69, 9.17) is 0 Å². The summed E-state index contributed by atoms with van der Waals surface area (Å²) in [4.78, 5) is 15.4. The van der Waals surface area contributed by atoms with Crippen LogP contribution in [-0.2, 0) is 11.8 Å². The molecule has 1 aliphatic rings. The first kappa shape index (κ1) is 10.7. The molecule has 0 radical (unpaired) electrons. The van der Waals surface area contributed by atoms with Gasteiger partial charge in [-0.15, -0.1) is 0 Å². The number of nitrogens with zero attached hydrogens (tertiary/aromatic N) is 4. The third kappa shape index (κ3) is 2.08. The van der Waals surface area contributed by atoms with Crippen molar-refractivity contribution < 1.29 is 4.79 Å². The molecule has 2 heterocycles. The Bertz CT molecular complexity index is 390. The lowest BCUT2D eigenvalue weighted by Crippen LogP contribution is -2.48. The molecule has 1 aromatic rings. The first-order chi connectivity index (χ1) is 7.70. The Morgan fingerprint density at radius 2 is 2.12 bits per heavy atom. The molecule has 0 N–H and O–H groups in total. The number of aryl methyl sites for hydroxylation is 1.